The Bertz CT molecular complexity index is 678. The highest BCUT2D eigenvalue weighted by atomic mass is 16.5. The number of methoxy groups -OCH3 is 4. The van der Waals surface area contributed by atoms with Crippen LogP contribution in [0.4, 0.5) is 0 Å². The molecule has 0 fully saturated rings. The molecule has 0 bridgehead atoms. The topological polar surface area (TPSA) is 61.6 Å². The van der Waals surface area contributed by atoms with Crippen LogP contribution in [0.1, 0.15) is 11.1 Å². The minimum atomic E-state index is 0.609. The van der Waals surface area contributed by atoms with Crippen molar-refractivity contribution in [3.05, 3.63) is 47.5 Å². The van der Waals surface area contributed by atoms with E-state index < -0.39 is 0 Å². The van der Waals surface area contributed by atoms with Crippen LogP contribution in [0.3, 0.4) is 0 Å². The average Bonchev–Trinajstić information content (AvgIpc) is 2.64. The summed E-state index contributed by atoms with van der Waals surface area (Å²) >= 11 is 0. The molecule has 0 aliphatic rings. The molecule has 0 heterocycles. The van der Waals surface area contributed by atoms with Gasteiger partial charge in [-0.2, -0.15) is 10.2 Å². The quantitative estimate of drug-likeness (QED) is 0.578. The fourth-order valence-corrected chi connectivity index (χ4v) is 2.22. The first-order valence-corrected chi connectivity index (χ1v) is 7.23. The summed E-state index contributed by atoms with van der Waals surface area (Å²) in [5.74, 6) is 2.50. The number of nitrogens with zero attached hydrogens (tertiary/aromatic N) is 2. The molecule has 2 aromatic carbocycles. The van der Waals surface area contributed by atoms with E-state index in [1.165, 1.54) is 0 Å². The van der Waals surface area contributed by atoms with Crippen LogP contribution in [-0.4, -0.2) is 40.9 Å². The van der Waals surface area contributed by atoms with Gasteiger partial charge in [-0.05, 0) is 24.3 Å². The van der Waals surface area contributed by atoms with E-state index >= 15 is 0 Å². The molecule has 0 amide bonds. The number of ether oxygens (including phenoxy) is 4. The van der Waals surface area contributed by atoms with E-state index in [9.17, 15) is 0 Å². The number of rotatable bonds is 7. The van der Waals surface area contributed by atoms with E-state index in [0.29, 0.717) is 23.0 Å². The van der Waals surface area contributed by atoms with Gasteiger partial charge in [0.1, 0.15) is 0 Å². The molecule has 0 radical (unpaired) electrons. The minimum Gasteiger partial charge on any atom is -0.493 e. The Morgan fingerprint density at radius 1 is 0.625 bits per heavy atom. The molecular formula is C18H20N2O4. The first kappa shape index (κ1) is 17.3. The van der Waals surface area contributed by atoms with Crippen molar-refractivity contribution in [1.29, 1.82) is 0 Å². The third-order valence-electron chi connectivity index (χ3n) is 3.33. The van der Waals surface area contributed by atoms with Crippen molar-refractivity contribution in [3.8, 4) is 23.0 Å². The van der Waals surface area contributed by atoms with Crippen molar-refractivity contribution >= 4 is 12.4 Å². The van der Waals surface area contributed by atoms with E-state index in [1.807, 2.05) is 36.4 Å². The zero-order chi connectivity index (χ0) is 17.4. The molecule has 24 heavy (non-hydrogen) atoms. The molecule has 0 saturated carbocycles. The Hall–Kier alpha value is -3.02. The molecule has 6 heteroatoms. The van der Waals surface area contributed by atoms with Crippen LogP contribution in [0, 0.1) is 0 Å². The van der Waals surface area contributed by atoms with E-state index in [2.05, 4.69) is 10.2 Å². The summed E-state index contributed by atoms with van der Waals surface area (Å²) < 4.78 is 21.2. The van der Waals surface area contributed by atoms with Gasteiger partial charge in [-0.1, -0.05) is 12.1 Å². The van der Waals surface area contributed by atoms with Gasteiger partial charge in [-0.25, -0.2) is 0 Å². The molecule has 126 valence electrons. The van der Waals surface area contributed by atoms with Gasteiger partial charge in [0.25, 0.3) is 0 Å². The number of benzene rings is 2. The second-order valence-electron chi connectivity index (χ2n) is 4.65. The third kappa shape index (κ3) is 3.84. The van der Waals surface area contributed by atoms with Gasteiger partial charge in [0.15, 0.2) is 23.0 Å². The van der Waals surface area contributed by atoms with Gasteiger partial charge in [-0.15, -0.1) is 0 Å². The van der Waals surface area contributed by atoms with Crippen molar-refractivity contribution in [2.45, 2.75) is 0 Å². The van der Waals surface area contributed by atoms with Crippen LogP contribution < -0.4 is 18.9 Å². The lowest BCUT2D eigenvalue weighted by Crippen LogP contribution is -1.95. The lowest BCUT2D eigenvalue weighted by atomic mass is 10.2. The predicted octanol–water partition coefficient (Wildman–Crippen LogP) is 3.17. The van der Waals surface area contributed by atoms with Crippen LogP contribution in [0.15, 0.2) is 46.6 Å². The van der Waals surface area contributed by atoms with Crippen molar-refractivity contribution in [1.82, 2.24) is 0 Å². The molecule has 0 spiro atoms. The second kappa shape index (κ2) is 8.57. The number of para-hydroxylation sites is 2. The number of hydrogen-bond donors (Lipinski definition) is 0. The summed E-state index contributed by atoms with van der Waals surface area (Å²) in [5.41, 5.74) is 1.54. The standard InChI is InChI=1S/C18H20N2O4/c1-21-15-9-5-7-13(17(15)23-3)11-19-20-12-14-8-6-10-16(22-2)18(14)24-4/h5-12H,1-4H3/b19-11-,20-12-. The fraction of sp³-hybridized carbons (Fsp3) is 0.222. The van der Waals surface area contributed by atoms with E-state index in [4.69, 9.17) is 18.9 Å². The highest BCUT2D eigenvalue weighted by molar-refractivity contribution is 5.87. The van der Waals surface area contributed by atoms with Crippen molar-refractivity contribution in [3.63, 3.8) is 0 Å². The fourth-order valence-electron chi connectivity index (χ4n) is 2.22. The second-order valence-corrected chi connectivity index (χ2v) is 4.65. The van der Waals surface area contributed by atoms with Gasteiger partial charge in [0.05, 0.1) is 40.9 Å². The zero-order valence-corrected chi connectivity index (χ0v) is 14.1. The summed E-state index contributed by atoms with van der Waals surface area (Å²) in [6.45, 7) is 0. The Morgan fingerprint density at radius 2 is 1.04 bits per heavy atom. The van der Waals surface area contributed by atoms with Gasteiger partial charge in [0.2, 0.25) is 0 Å². The number of hydrogen-bond acceptors (Lipinski definition) is 6. The monoisotopic (exact) mass is 328 g/mol. The summed E-state index contributed by atoms with van der Waals surface area (Å²) in [7, 11) is 6.34. The lowest BCUT2D eigenvalue weighted by molar-refractivity contribution is 0.354. The van der Waals surface area contributed by atoms with E-state index in [0.717, 1.165) is 11.1 Å². The molecule has 0 aromatic heterocycles. The molecule has 0 aliphatic heterocycles. The summed E-state index contributed by atoms with van der Waals surface area (Å²) in [6.07, 6.45) is 3.20. The minimum absolute atomic E-state index is 0.609. The van der Waals surface area contributed by atoms with Crippen LogP contribution in [-0.2, 0) is 0 Å². The van der Waals surface area contributed by atoms with Crippen molar-refractivity contribution < 1.29 is 18.9 Å². The van der Waals surface area contributed by atoms with Gasteiger partial charge in [0, 0.05) is 11.1 Å². The maximum atomic E-state index is 5.34. The Labute approximate surface area is 141 Å². The summed E-state index contributed by atoms with van der Waals surface area (Å²) in [5, 5.41) is 8.13. The van der Waals surface area contributed by atoms with Crippen LogP contribution in [0.2, 0.25) is 0 Å². The predicted molar refractivity (Wildman–Crippen MR) is 94.3 cm³/mol. The Morgan fingerprint density at radius 3 is 1.38 bits per heavy atom. The first-order valence-electron chi connectivity index (χ1n) is 7.23. The highest BCUT2D eigenvalue weighted by Gasteiger charge is 2.08. The molecule has 6 nitrogen and oxygen atoms in total. The molecule has 0 saturated heterocycles. The Kier molecular flexibility index (Phi) is 6.19. The van der Waals surface area contributed by atoms with Gasteiger partial charge >= 0.3 is 0 Å². The van der Waals surface area contributed by atoms with Crippen LogP contribution in [0.5, 0.6) is 23.0 Å². The largest absolute Gasteiger partial charge is 0.493 e. The van der Waals surface area contributed by atoms with Crippen molar-refractivity contribution in [2.24, 2.45) is 10.2 Å². The maximum Gasteiger partial charge on any atom is 0.169 e. The molecule has 0 aliphatic carbocycles. The maximum absolute atomic E-state index is 5.34. The summed E-state index contributed by atoms with van der Waals surface area (Å²) in [4.78, 5) is 0. The van der Waals surface area contributed by atoms with Gasteiger partial charge in [-0.3, -0.25) is 0 Å². The highest BCUT2D eigenvalue weighted by Crippen LogP contribution is 2.30. The smallest absolute Gasteiger partial charge is 0.169 e. The molecule has 0 unspecified atom stereocenters. The van der Waals surface area contributed by atoms with Crippen LogP contribution in [0.25, 0.3) is 0 Å². The Balaban J connectivity index is 2.22. The molecular weight excluding hydrogens is 308 g/mol. The SMILES string of the molecule is COc1cccc(/C=N\N=C/c2cccc(OC)c2OC)c1OC. The third-order valence-corrected chi connectivity index (χ3v) is 3.33. The zero-order valence-electron chi connectivity index (χ0n) is 14.1. The van der Waals surface area contributed by atoms with Crippen molar-refractivity contribution in [2.75, 3.05) is 28.4 Å². The molecule has 0 atom stereocenters. The van der Waals surface area contributed by atoms with E-state index in [-0.39, 0.29) is 0 Å². The van der Waals surface area contributed by atoms with Crippen LogP contribution >= 0.6 is 0 Å². The molecule has 0 N–H and O–H groups in total. The van der Waals surface area contributed by atoms with Gasteiger partial charge < -0.3 is 18.9 Å². The first-order chi connectivity index (χ1) is 11.7. The normalized spacial score (nSPS) is 11.0. The van der Waals surface area contributed by atoms with E-state index in [1.54, 1.807) is 40.9 Å². The molecule has 2 rings (SSSR count). The lowest BCUT2D eigenvalue weighted by Gasteiger charge is -2.09. The average molecular weight is 328 g/mol. The summed E-state index contributed by atoms with van der Waals surface area (Å²) in [6, 6.07) is 11.1. The molecule has 2 aromatic rings.